The van der Waals surface area contributed by atoms with E-state index < -0.39 is 0 Å². The van der Waals surface area contributed by atoms with Crippen LogP contribution in [0.25, 0.3) is 11.8 Å². The third kappa shape index (κ3) is 4.57. The van der Waals surface area contributed by atoms with Crippen LogP contribution in [0.5, 0.6) is 0 Å². The molecule has 1 aromatic heterocycles. The van der Waals surface area contributed by atoms with Crippen molar-refractivity contribution in [1.29, 1.82) is 0 Å². The van der Waals surface area contributed by atoms with Crippen molar-refractivity contribution < 1.29 is 4.79 Å². The van der Waals surface area contributed by atoms with Gasteiger partial charge in [0, 0.05) is 22.4 Å². The van der Waals surface area contributed by atoms with E-state index in [1.54, 1.807) is 11.0 Å². The third-order valence-electron chi connectivity index (χ3n) is 5.75. The van der Waals surface area contributed by atoms with Crippen molar-refractivity contribution in [2.45, 2.75) is 34.6 Å². The number of para-hydroxylation sites is 1. The van der Waals surface area contributed by atoms with E-state index in [0.29, 0.717) is 27.3 Å². The van der Waals surface area contributed by atoms with Gasteiger partial charge in [0.15, 0.2) is 5.17 Å². The lowest BCUT2D eigenvalue weighted by Crippen LogP contribution is -2.28. The number of nitrogens with zero attached hydrogens (tertiary/aromatic N) is 3. The fourth-order valence-electron chi connectivity index (χ4n) is 4.11. The summed E-state index contributed by atoms with van der Waals surface area (Å²) >= 11 is 11.0. The Labute approximate surface area is 212 Å². The van der Waals surface area contributed by atoms with E-state index in [9.17, 15) is 4.79 Å². The molecule has 170 valence electrons. The predicted octanol–water partition coefficient (Wildman–Crippen LogP) is 7.75. The molecule has 0 spiro atoms. The fourth-order valence-corrected chi connectivity index (χ4v) is 5.59. The summed E-state index contributed by atoms with van der Waals surface area (Å²) in [6.07, 6.45) is 1.99. The number of rotatable bonds is 4. The maximum atomic E-state index is 13.2. The molecular weight excluding hydrogens is 518 g/mol. The van der Waals surface area contributed by atoms with Crippen molar-refractivity contribution in [3.8, 4) is 5.69 Å². The molecule has 1 fully saturated rings. The van der Waals surface area contributed by atoms with Gasteiger partial charge in [-0.15, -0.1) is 0 Å². The Hall–Kier alpha value is -2.28. The van der Waals surface area contributed by atoms with Gasteiger partial charge in [0.25, 0.3) is 5.91 Å². The molecule has 0 unspecified atom stereocenters. The van der Waals surface area contributed by atoms with E-state index in [1.165, 1.54) is 28.6 Å². The Morgan fingerprint density at radius 3 is 2.42 bits per heavy atom. The van der Waals surface area contributed by atoms with Gasteiger partial charge in [-0.25, -0.2) is 4.99 Å². The lowest BCUT2D eigenvalue weighted by Gasteiger charge is -2.15. The monoisotopic (exact) mass is 541 g/mol. The second-order valence-corrected chi connectivity index (χ2v) is 10.3. The first-order chi connectivity index (χ1) is 15.7. The van der Waals surface area contributed by atoms with Crippen LogP contribution in [0.2, 0.25) is 5.02 Å². The number of thioether (sulfide) groups is 1. The fraction of sp³-hybridized carbons (Fsp3) is 0.231. The summed E-state index contributed by atoms with van der Waals surface area (Å²) in [5, 5.41) is 1.25. The number of amidine groups is 1. The van der Waals surface area contributed by atoms with E-state index in [2.05, 4.69) is 72.5 Å². The highest BCUT2D eigenvalue weighted by atomic mass is 79.9. The van der Waals surface area contributed by atoms with Crippen LogP contribution in [0.3, 0.4) is 0 Å². The summed E-state index contributed by atoms with van der Waals surface area (Å²) in [5.74, 6) is -0.0265. The molecule has 1 aliphatic heterocycles. The summed E-state index contributed by atoms with van der Waals surface area (Å²) < 4.78 is 3.09. The SMILES string of the molecule is CCN1C(=O)/C(=C\c2cc(C)n(-c3c(C)cccc3C)c2C)SC1=Nc1ccc(Br)c(Cl)c1. The normalized spacial score (nSPS) is 16.5. The highest BCUT2D eigenvalue weighted by Crippen LogP contribution is 2.36. The molecule has 0 bridgehead atoms. The molecular formula is C26H25BrClN3OS. The number of aryl methyl sites for hydroxylation is 3. The average Bonchev–Trinajstić information content (AvgIpc) is 3.20. The average molecular weight is 543 g/mol. The Balaban J connectivity index is 1.73. The molecule has 1 saturated heterocycles. The summed E-state index contributed by atoms with van der Waals surface area (Å²) in [7, 11) is 0. The van der Waals surface area contributed by atoms with Crippen molar-refractivity contribution in [1.82, 2.24) is 9.47 Å². The summed E-state index contributed by atoms with van der Waals surface area (Å²) in [6, 6.07) is 14.0. The number of carbonyl (C=O) groups is 1. The molecule has 0 aliphatic carbocycles. The van der Waals surface area contributed by atoms with Crippen LogP contribution in [-0.4, -0.2) is 27.1 Å². The topological polar surface area (TPSA) is 37.6 Å². The quantitative estimate of drug-likeness (QED) is 0.316. The molecule has 4 rings (SSSR count). The Bertz CT molecular complexity index is 1310. The van der Waals surface area contributed by atoms with E-state index in [4.69, 9.17) is 16.6 Å². The van der Waals surface area contributed by atoms with Gasteiger partial charge in [-0.05, 0) is 109 Å². The van der Waals surface area contributed by atoms with Crippen LogP contribution in [0.1, 0.15) is 35.0 Å². The molecule has 1 amide bonds. The van der Waals surface area contributed by atoms with Crippen LogP contribution in [0.15, 0.2) is 56.8 Å². The van der Waals surface area contributed by atoms with Gasteiger partial charge < -0.3 is 4.57 Å². The molecule has 0 radical (unpaired) electrons. The molecule has 0 atom stereocenters. The lowest BCUT2D eigenvalue weighted by molar-refractivity contribution is -0.122. The minimum atomic E-state index is -0.0265. The largest absolute Gasteiger partial charge is 0.317 e. The van der Waals surface area contributed by atoms with Crippen molar-refractivity contribution in [2.75, 3.05) is 6.54 Å². The minimum absolute atomic E-state index is 0.0265. The van der Waals surface area contributed by atoms with Crippen molar-refractivity contribution in [2.24, 2.45) is 4.99 Å². The maximum absolute atomic E-state index is 13.2. The van der Waals surface area contributed by atoms with Crippen LogP contribution in [0, 0.1) is 27.7 Å². The molecule has 33 heavy (non-hydrogen) atoms. The minimum Gasteiger partial charge on any atom is -0.317 e. The number of benzene rings is 2. The van der Waals surface area contributed by atoms with Gasteiger partial charge in [0.05, 0.1) is 21.3 Å². The number of aromatic nitrogens is 1. The Morgan fingerprint density at radius 2 is 1.79 bits per heavy atom. The van der Waals surface area contributed by atoms with E-state index >= 15 is 0 Å². The standard InChI is InChI=1S/C26H25BrClN3OS/c1-6-30-25(32)23(33-26(30)29-20-10-11-21(27)22(28)14-20)13-19-12-17(4)31(18(19)5)24-15(2)8-7-9-16(24)3/h7-14H,6H2,1-5H3/b23-13+,29-26?. The number of hydrogen-bond acceptors (Lipinski definition) is 3. The summed E-state index contributed by atoms with van der Waals surface area (Å²) in [5.41, 5.74) is 7.65. The molecule has 2 aromatic carbocycles. The Morgan fingerprint density at radius 1 is 1.09 bits per heavy atom. The van der Waals surface area contributed by atoms with Crippen molar-refractivity contribution in [3.63, 3.8) is 0 Å². The first-order valence-electron chi connectivity index (χ1n) is 10.7. The number of aliphatic imine (C=N–C) groups is 1. The van der Waals surface area contributed by atoms with Crippen LogP contribution in [0.4, 0.5) is 5.69 Å². The zero-order valence-electron chi connectivity index (χ0n) is 19.2. The van der Waals surface area contributed by atoms with Gasteiger partial charge in [-0.2, -0.15) is 0 Å². The molecule has 0 saturated carbocycles. The number of carbonyl (C=O) groups excluding carboxylic acids is 1. The van der Waals surface area contributed by atoms with Gasteiger partial charge in [-0.3, -0.25) is 9.69 Å². The Kier molecular flexibility index (Phi) is 6.89. The lowest BCUT2D eigenvalue weighted by atomic mass is 10.1. The molecule has 4 nitrogen and oxygen atoms in total. The van der Waals surface area contributed by atoms with Crippen molar-refractivity contribution >= 4 is 62.1 Å². The second kappa shape index (κ2) is 9.53. The predicted molar refractivity (Wildman–Crippen MR) is 144 cm³/mol. The molecule has 3 aromatic rings. The first kappa shape index (κ1) is 23.9. The molecule has 7 heteroatoms. The zero-order chi connectivity index (χ0) is 23.9. The highest BCUT2D eigenvalue weighted by Gasteiger charge is 2.32. The number of halogens is 2. The maximum Gasteiger partial charge on any atom is 0.266 e. The van der Waals surface area contributed by atoms with Gasteiger partial charge in [-0.1, -0.05) is 29.8 Å². The van der Waals surface area contributed by atoms with Gasteiger partial charge >= 0.3 is 0 Å². The molecule has 2 heterocycles. The van der Waals surface area contributed by atoms with Crippen LogP contribution in [-0.2, 0) is 4.79 Å². The van der Waals surface area contributed by atoms with Crippen molar-refractivity contribution in [3.05, 3.63) is 84.9 Å². The molecule has 1 aliphatic rings. The smallest absolute Gasteiger partial charge is 0.266 e. The van der Waals surface area contributed by atoms with Crippen LogP contribution >= 0.6 is 39.3 Å². The van der Waals surface area contributed by atoms with Gasteiger partial charge in [0.1, 0.15) is 0 Å². The first-order valence-corrected chi connectivity index (χ1v) is 12.7. The zero-order valence-corrected chi connectivity index (χ0v) is 22.4. The summed E-state index contributed by atoms with van der Waals surface area (Å²) in [6.45, 7) is 11.0. The number of likely N-dealkylation sites (N-methyl/N-ethyl adjacent to an activating group) is 1. The van der Waals surface area contributed by atoms with Gasteiger partial charge in [0.2, 0.25) is 0 Å². The highest BCUT2D eigenvalue weighted by molar-refractivity contribution is 9.10. The molecule has 0 N–H and O–H groups in total. The van der Waals surface area contributed by atoms with Crippen LogP contribution < -0.4 is 0 Å². The van der Waals surface area contributed by atoms with E-state index in [1.807, 2.05) is 25.1 Å². The number of hydrogen-bond donors (Lipinski definition) is 0. The second-order valence-electron chi connectivity index (χ2n) is 8.06. The van der Waals surface area contributed by atoms with E-state index in [0.717, 1.165) is 21.4 Å². The summed E-state index contributed by atoms with van der Waals surface area (Å²) in [4.78, 5) is 20.2. The number of amides is 1. The van der Waals surface area contributed by atoms with E-state index in [-0.39, 0.29) is 5.91 Å². The third-order valence-corrected chi connectivity index (χ3v) is 7.99.